The van der Waals surface area contributed by atoms with Crippen LogP contribution in [0.15, 0.2) is 29.1 Å². The third-order valence-corrected chi connectivity index (χ3v) is 3.52. The predicted molar refractivity (Wildman–Crippen MR) is 87.4 cm³/mol. The molecule has 0 saturated heterocycles. The minimum absolute atomic E-state index is 0.0382. The first-order valence-electron chi connectivity index (χ1n) is 7.73. The van der Waals surface area contributed by atoms with Crippen LogP contribution in [-0.4, -0.2) is 38.0 Å². The minimum Gasteiger partial charge on any atom is -0.480 e. The van der Waals surface area contributed by atoms with E-state index in [-0.39, 0.29) is 24.4 Å². The minimum atomic E-state index is -1.07. The van der Waals surface area contributed by atoms with E-state index in [4.69, 9.17) is 5.11 Å². The summed E-state index contributed by atoms with van der Waals surface area (Å²) in [5, 5.41) is 19.8. The topological polar surface area (TPSA) is 114 Å². The van der Waals surface area contributed by atoms with Crippen LogP contribution < -0.4 is 10.9 Å². The number of fused-ring (bicyclic) bond motifs is 1. The van der Waals surface area contributed by atoms with Crippen LogP contribution in [0.2, 0.25) is 0 Å². The fourth-order valence-corrected chi connectivity index (χ4v) is 2.34. The molecule has 1 amide bonds. The van der Waals surface area contributed by atoms with Gasteiger partial charge in [0.25, 0.3) is 5.56 Å². The fraction of sp³-hybridized carbons (Fsp3) is 0.438. The molecule has 1 heterocycles. The van der Waals surface area contributed by atoms with Crippen molar-refractivity contribution in [2.45, 2.75) is 39.3 Å². The first kappa shape index (κ1) is 17.6. The van der Waals surface area contributed by atoms with E-state index >= 15 is 0 Å². The third kappa shape index (κ3) is 4.37. The van der Waals surface area contributed by atoms with E-state index in [1.807, 2.05) is 13.8 Å². The number of nitrogens with zero attached hydrogens (tertiary/aromatic N) is 3. The Hall–Kier alpha value is -2.77. The molecule has 1 aromatic carbocycles. The molecule has 8 heteroatoms. The maximum atomic E-state index is 12.3. The third-order valence-electron chi connectivity index (χ3n) is 3.52. The van der Waals surface area contributed by atoms with Crippen LogP contribution in [0.5, 0.6) is 0 Å². The lowest BCUT2D eigenvalue weighted by atomic mass is 10.0. The van der Waals surface area contributed by atoms with E-state index in [1.165, 1.54) is 0 Å². The molecule has 2 rings (SSSR count). The highest BCUT2D eigenvalue weighted by molar-refractivity contribution is 5.83. The average Bonchev–Trinajstić information content (AvgIpc) is 2.53. The highest BCUT2D eigenvalue weighted by Crippen LogP contribution is 2.06. The van der Waals surface area contributed by atoms with Gasteiger partial charge in [-0.2, -0.15) is 0 Å². The molecule has 8 nitrogen and oxygen atoms in total. The van der Waals surface area contributed by atoms with Crippen LogP contribution in [0.1, 0.15) is 26.7 Å². The Balaban J connectivity index is 2.02. The molecule has 0 unspecified atom stereocenters. The Morgan fingerprint density at radius 1 is 1.29 bits per heavy atom. The molecule has 0 fully saturated rings. The molecule has 0 saturated carbocycles. The quantitative estimate of drug-likeness (QED) is 0.775. The monoisotopic (exact) mass is 332 g/mol. The predicted octanol–water partition coefficient (Wildman–Crippen LogP) is 0.797. The van der Waals surface area contributed by atoms with Gasteiger partial charge in [-0.3, -0.25) is 9.59 Å². The number of carboxylic acids is 1. The molecule has 0 radical (unpaired) electrons. The van der Waals surface area contributed by atoms with Gasteiger partial charge in [0.15, 0.2) is 0 Å². The molecule has 0 spiro atoms. The van der Waals surface area contributed by atoms with Crippen LogP contribution in [-0.2, 0) is 16.1 Å². The first-order chi connectivity index (χ1) is 11.4. The van der Waals surface area contributed by atoms with Gasteiger partial charge < -0.3 is 10.4 Å². The van der Waals surface area contributed by atoms with E-state index in [2.05, 4.69) is 15.6 Å². The molecule has 0 bridgehead atoms. The van der Waals surface area contributed by atoms with Crippen LogP contribution in [0.25, 0.3) is 10.9 Å². The Labute approximate surface area is 138 Å². The molecule has 0 aliphatic rings. The average molecular weight is 332 g/mol. The largest absolute Gasteiger partial charge is 0.480 e. The molecule has 2 aromatic rings. The van der Waals surface area contributed by atoms with Gasteiger partial charge in [-0.15, -0.1) is 5.10 Å². The Morgan fingerprint density at radius 3 is 2.67 bits per heavy atom. The Bertz CT molecular complexity index is 800. The summed E-state index contributed by atoms with van der Waals surface area (Å²) in [4.78, 5) is 35.4. The lowest BCUT2D eigenvalue weighted by molar-refractivity contribution is -0.142. The van der Waals surface area contributed by atoms with E-state index in [0.29, 0.717) is 17.3 Å². The normalized spacial score (nSPS) is 12.3. The number of aromatic nitrogens is 3. The standard InChI is InChI=1S/C16H20N4O4/c1-10(2)9-13(16(23)24)17-14(21)7-8-20-15(22)11-5-3-4-6-12(11)18-19-20/h3-6,10,13H,7-9H2,1-2H3,(H,17,21)(H,23,24)/t13-/m0/s1. The molecule has 0 aliphatic carbocycles. The van der Waals surface area contributed by atoms with Crippen molar-refractivity contribution in [3.63, 3.8) is 0 Å². The van der Waals surface area contributed by atoms with E-state index < -0.39 is 17.9 Å². The fourth-order valence-electron chi connectivity index (χ4n) is 2.34. The van der Waals surface area contributed by atoms with Crippen LogP contribution in [0.4, 0.5) is 0 Å². The summed E-state index contributed by atoms with van der Waals surface area (Å²) in [5.41, 5.74) is 0.163. The van der Waals surface area contributed by atoms with E-state index in [0.717, 1.165) is 4.68 Å². The van der Waals surface area contributed by atoms with Gasteiger partial charge in [0.2, 0.25) is 5.91 Å². The van der Waals surface area contributed by atoms with Crippen LogP contribution >= 0.6 is 0 Å². The maximum Gasteiger partial charge on any atom is 0.326 e. The van der Waals surface area contributed by atoms with Gasteiger partial charge in [-0.05, 0) is 24.5 Å². The van der Waals surface area contributed by atoms with Crippen molar-refractivity contribution in [1.82, 2.24) is 20.3 Å². The number of carbonyl (C=O) groups is 2. The van der Waals surface area contributed by atoms with Crippen LogP contribution in [0.3, 0.4) is 0 Å². The Kier molecular flexibility index (Phi) is 5.62. The summed E-state index contributed by atoms with van der Waals surface area (Å²) in [5.74, 6) is -1.37. The van der Waals surface area contributed by atoms with Crippen molar-refractivity contribution >= 4 is 22.8 Å². The van der Waals surface area contributed by atoms with E-state index in [9.17, 15) is 14.4 Å². The summed E-state index contributed by atoms with van der Waals surface area (Å²) in [6.45, 7) is 3.80. The second kappa shape index (κ2) is 7.67. The lowest BCUT2D eigenvalue weighted by Crippen LogP contribution is -2.42. The van der Waals surface area contributed by atoms with Gasteiger partial charge in [0.05, 0.1) is 11.9 Å². The van der Waals surface area contributed by atoms with E-state index in [1.54, 1.807) is 24.3 Å². The highest BCUT2D eigenvalue weighted by atomic mass is 16.4. The lowest BCUT2D eigenvalue weighted by Gasteiger charge is -2.16. The summed E-state index contributed by atoms with van der Waals surface area (Å²) >= 11 is 0. The van der Waals surface area contributed by atoms with Gasteiger partial charge in [-0.1, -0.05) is 31.2 Å². The number of rotatable bonds is 7. The summed E-state index contributed by atoms with van der Waals surface area (Å²) < 4.78 is 1.11. The van der Waals surface area contributed by atoms with Crippen molar-refractivity contribution in [3.05, 3.63) is 34.6 Å². The summed E-state index contributed by atoms with van der Waals surface area (Å²) in [6, 6.07) is 5.88. The molecular weight excluding hydrogens is 312 g/mol. The first-order valence-corrected chi connectivity index (χ1v) is 7.73. The Morgan fingerprint density at radius 2 is 2.00 bits per heavy atom. The zero-order valence-electron chi connectivity index (χ0n) is 13.6. The number of carboxylic acid groups (broad SMARTS) is 1. The molecular formula is C16H20N4O4. The number of hydrogen-bond donors (Lipinski definition) is 2. The number of aryl methyl sites for hydroxylation is 1. The molecule has 1 aromatic heterocycles. The number of hydrogen-bond acceptors (Lipinski definition) is 5. The SMILES string of the molecule is CC(C)C[C@H](NC(=O)CCn1nnc2ccccc2c1=O)C(=O)O. The number of benzene rings is 1. The van der Waals surface area contributed by atoms with Crippen molar-refractivity contribution in [2.24, 2.45) is 5.92 Å². The number of carbonyl (C=O) groups excluding carboxylic acids is 1. The summed E-state index contributed by atoms with van der Waals surface area (Å²) in [6.07, 6.45) is 0.297. The zero-order valence-corrected chi connectivity index (χ0v) is 13.6. The van der Waals surface area contributed by atoms with Crippen molar-refractivity contribution in [2.75, 3.05) is 0 Å². The second-order valence-corrected chi connectivity index (χ2v) is 5.97. The highest BCUT2D eigenvalue weighted by Gasteiger charge is 2.21. The van der Waals surface area contributed by atoms with Gasteiger partial charge in [0.1, 0.15) is 11.6 Å². The van der Waals surface area contributed by atoms with Gasteiger partial charge in [-0.25, -0.2) is 9.48 Å². The summed E-state index contributed by atoms with van der Waals surface area (Å²) in [7, 11) is 0. The van der Waals surface area contributed by atoms with Crippen molar-refractivity contribution < 1.29 is 14.7 Å². The molecule has 2 N–H and O–H groups in total. The smallest absolute Gasteiger partial charge is 0.326 e. The molecule has 1 atom stereocenters. The molecule has 0 aliphatic heterocycles. The number of aliphatic carboxylic acids is 1. The molecule has 24 heavy (non-hydrogen) atoms. The van der Waals surface area contributed by atoms with Crippen molar-refractivity contribution in [1.29, 1.82) is 0 Å². The van der Waals surface area contributed by atoms with Gasteiger partial charge in [0, 0.05) is 6.42 Å². The molecule has 128 valence electrons. The second-order valence-electron chi connectivity index (χ2n) is 5.97. The maximum absolute atomic E-state index is 12.3. The van der Waals surface area contributed by atoms with Gasteiger partial charge >= 0.3 is 5.97 Å². The van der Waals surface area contributed by atoms with Crippen LogP contribution in [0, 0.1) is 5.92 Å². The van der Waals surface area contributed by atoms with Crippen molar-refractivity contribution in [3.8, 4) is 0 Å². The zero-order chi connectivity index (χ0) is 17.7. The number of amides is 1. The number of nitrogens with one attached hydrogen (secondary N) is 1.